The molecule has 0 bridgehead atoms. The van der Waals surface area contributed by atoms with Crippen LogP contribution >= 0.6 is 11.9 Å². The molecule has 2 aromatic heterocycles. The predicted molar refractivity (Wildman–Crippen MR) is 76.9 cm³/mol. The van der Waals surface area contributed by atoms with Gasteiger partial charge in [0.05, 0.1) is 0 Å². The Hall–Kier alpha value is -2.25. The van der Waals surface area contributed by atoms with Gasteiger partial charge in [-0.1, -0.05) is 18.2 Å². The number of hydrogen-bond acceptors (Lipinski definition) is 3. The Bertz CT molecular complexity index is 769. The number of nitriles is 1. The lowest BCUT2D eigenvalue weighted by molar-refractivity contribution is 1.22. The van der Waals surface area contributed by atoms with Crippen LogP contribution in [0.15, 0.2) is 53.6 Å². The van der Waals surface area contributed by atoms with Gasteiger partial charge >= 0.3 is 0 Å². The van der Waals surface area contributed by atoms with Crippen molar-refractivity contribution in [3.05, 3.63) is 59.9 Å². The maximum atomic E-state index is 8.96. The Morgan fingerprint density at radius 3 is 2.68 bits per heavy atom. The van der Waals surface area contributed by atoms with Crippen LogP contribution in [0.25, 0.3) is 11.0 Å². The summed E-state index contributed by atoms with van der Waals surface area (Å²) in [5.74, 6) is 0. The van der Waals surface area contributed by atoms with E-state index in [1.54, 1.807) is 18.0 Å². The number of aryl methyl sites for hydroxylation is 1. The monoisotopic (exact) mass is 265 g/mol. The third kappa shape index (κ3) is 2.20. The molecular weight excluding hydrogens is 254 g/mol. The summed E-state index contributed by atoms with van der Waals surface area (Å²) in [5, 5.41) is 10.0. The number of hydrogen-bond donors (Lipinski definition) is 0. The largest absolute Gasteiger partial charge is 0.270 e. The average Bonchev–Trinajstić information content (AvgIpc) is 2.76. The van der Waals surface area contributed by atoms with Crippen molar-refractivity contribution in [2.24, 2.45) is 0 Å². The lowest BCUT2D eigenvalue weighted by Crippen LogP contribution is -1.89. The summed E-state index contributed by atoms with van der Waals surface area (Å²) in [6.45, 7) is 2.05. The number of rotatable bonds is 2. The molecule has 0 fully saturated rings. The van der Waals surface area contributed by atoms with Gasteiger partial charge in [-0.3, -0.25) is 3.97 Å². The second-order valence-electron chi connectivity index (χ2n) is 4.22. The number of nitrogens with zero attached hydrogens (tertiary/aromatic N) is 3. The Labute approximate surface area is 115 Å². The highest BCUT2D eigenvalue weighted by Crippen LogP contribution is 2.28. The first-order valence-electron chi connectivity index (χ1n) is 5.90. The number of pyridine rings is 1. The second-order valence-corrected chi connectivity index (χ2v) is 5.27. The highest BCUT2D eigenvalue weighted by molar-refractivity contribution is 7.98. The van der Waals surface area contributed by atoms with Gasteiger partial charge in [-0.05, 0) is 48.7 Å². The fraction of sp³-hybridized carbons (Fsp3) is 0.0667. The third-order valence-electron chi connectivity index (χ3n) is 2.88. The van der Waals surface area contributed by atoms with Gasteiger partial charge in [0.1, 0.15) is 11.8 Å². The first-order valence-corrected chi connectivity index (χ1v) is 6.67. The van der Waals surface area contributed by atoms with Crippen molar-refractivity contribution in [1.29, 1.82) is 5.26 Å². The SMILES string of the molecule is Cc1cn(Sc2ccccc2)c2nc(C#N)ccc12. The molecule has 3 nitrogen and oxygen atoms in total. The van der Waals surface area contributed by atoms with E-state index in [4.69, 9.17) is 5.26 Å². The predicted octanol–water partition coefficient (Wildman–Crippen LogP) is 3.77. The minimum Gasteiger partial charge on any atom is -0.270 e. The van der Waals surface area contributed by atoms with Gasteiger partial charge in [-0.15, -0.1) is 0 Å². The first-order chi connectivity index (χ1) is 9.28. The van der Waals surface area contributed by atoms with Gasteiger partial charge in [-0.25, -0.2) is 4.98 Å². The van der Waals surface area contributed by atoms with Gasteiger partial charge in [0.15, 0.2) is 5.65 Å². The number of benzene rings is 1. The topological polar surface area (TPSA) is 41.6 Å². The van der Waals surface area contributed by atoms with Crippen LogP contribution in [0.3, 0.4) is 0 Å². The molecule has 0 amide bonds. The number of fused-ring (bicyclic) bond motifs is 1. The molecule has 1 aromatic carbocycles. The van der Waals surface area contributed by atoms with Crippen molar-refractivity contribution in [3.8, 4) is 6.07 Å². The Kier molecular flexibility index (Phi) is 2.98. The molecule has 0 saturated heterocycles. The van der Waals surface area contributed by atoms with E-state index < -0.39 is 0 Å². The first kappa shape index (κ1) is 11.8. The zero-order valence-electron chi connectivity index (χ0n) is 10.4. The fourth-order valence-corrected chi connectivity index (χ4v) is 2.90. The van der Waals surface area contributed by atoms with Crippen LogP contribution in [0.1, 0.15) is 11.3 Å². The van der Waals surface area contributed by atoms with Crippen LogP contribution in [0.2, 0.25) is 0 Å². The molecule has 0 N–H and O–H groups in total. The summed E-state index contributed by atoms with van der Waals surface area (Å²) < 4.78 is 2.01. The maximum absolute atomic E-state index is 8.96. The van der Waals surface area contributed by atoms with E-state index in [2.05, 4.69) is 36.3 Å². The van der Waals surface area contributed by atoms with Crippen molar-refractivity contribution >= 4 is 23.0 Å². The summed E-state index contributed by atoms with van der Waals surface area (Å²) in [6, 6.07) is 15.9. The van der Waals surface area contributed by atoms with Gasteiger partial charge in [-0.2, -0.15) is 5.26 Å². The summed E-state index contributed by atoms with van der Waals surface area (Å²) in [4.78, 5) is 5.53. The van der Waals surface area contributed by atoms with Gasteiger partial charge in [0.2, 0.25) is 0 Å². The lowest BCUT2D eigenvalue weighted by Gasteiger charge is -2.03. The zero-order chi connectivity index (χ0) is 13.2. The van der Waals surface area contributed by atoms with Crippen molar-refractivity contribution in [2.75, 3.05) is 0 Å². The molecule has 3 rings (SSSR count). The minimum absolute atomic E-state index is 0.445. The smallest absolute Gasteiger partial charge is 0.152 e. The minimum atomic E-state index is 0.445. The Morgan fingerprint density at radius 2 is 1.95 bits per heavy atom. The molecule has 3 aromatic rings. The molecule has 0 atom stereocenters. The summed E-state index contributed by atoms with van der Waals surface area (Å²) >= 11 is 1.60. The van der Waals surface area contributed by atoms with Crippen LogP contribution in [-0.4, -0.2) is 8.96 Å². The van der Waals surface area contributed by atoms with Crippen LogP contribution in [0.5, 0.6) is 0 Å². The number of aromatic nitrogens is 2. The van der Waals surface area contributed by atoms with Crippen LogP contribution in [0, 0.1) is 18.3 Å². The van der Waals surface area contributed by atoms with Gasteiger partial charge in [0.25, 0.3) is 0 Å². The highest BCUT2D eigenvalue weighted by Gasteiger charge is 2.09. The maximum Gasteiger partial charge on any atom is 0.152 e. The standard InChI is InChI=1S/C15H11N3S/c1-11-10-18(19-13-5-3-2-4-6-13)15-14(11)8-7-12(9-16)17-15/h2-8,10H,1H3. The molecule has 2 heterocycles. The highest BCUT2D eigenvalue weighted by atomic mass is 32.2. The Balaban J connectivity index is 2.11. The molecule has 0 aliphatic heterocycles. The van der Waals surface area contributed by atoms with Crippen molar-refractivity contribution in [2.45, 2.75) is 11.8 Å². The van der Waals surface area contributed by atoms with Gasteiger partial charge in [0, 0.05) is 16.5 Å². The van der Waals surface area contributed by atoms with Crippen molar-refractivity contribution in [1.82, 2.24) is 8.96 Å². The van der Waals surface area contributed by atoms with E-state index >= 15 is 0 Å². The molecule has 0 saturated carbocycles. The van der Waals surface area contributed by atoms with E-state index in [0.29, 0.717) is 5.69 Å². The zero-order valence-corrected chi connectivity index (χ0v) is 11.2. The molecule has 19 heavy (non-hydrogen) atoms. The molecular formula is C15H11N3S. The molecule has 0 unspecified atom stereocenters. The van der Waals surface area contributed by atoms with Crippen molar-refractivity contribution in [3.63, 3.8) is 0 Å². The summed E-state index contributed by atoms with van der Waals surface area (Å²) in [7, 11) is 0. The van der Waals surface area contributed by atoms with E-state index in [-0.39, 0.29) is 0 Å². The van der Waals surface area contributed by atoms with E-state index in [0.717, 1.165) is 21.5 Å². The summed E-state index contributed by atoms with van der Waals surface area (Å²) in [5.41, 5.74) is 2.45. The van der Waals surface area contributed by atoms with Gasteiger partial charge < -0.3 is 0 Å². The lowest BCUT2D eigenvalue weighted by atomic mass is 10.2. The van der Waals surface area contributed by atoms with Crippen LogP contribution < -0.4 is 0 Å². The third-order valence-corrected chi connectivity index (χ3v) is 3.84. The molecule has 0 aliphatic carbocycles. The van der Waals surface area contributed by atoms with Crippen LogP contribution in [0.4, 0.5) is 0 Å². The Morgan fingerprint density at radius 1 is 1.16 bits per heavy atom. The molecule has 0 aliphatic rings. The molecule has 0 radical (unpaired) electrons. The normalized spacial score (nSPS) is 10.5. The van der Waals surface area contributed by atoms with E-state index in [1.165, 1.54) is 0 Å². The van der Waals surface area contributed by atoms with E-state index in [9.17, 15) is 0 Å². The average molecular weight is 265 g/mol. The quantitative estimate of drug-likeness (QED) is 0.708. The summed E-state index contributed by atoms with van der Waals surface area (Å²) in [6.07, 6.45) is 2.05. The molecule has 0 spiro atoms. The van der Waals surface area contributed by atoms with Crippen molar-refractivity contribution < 1.29 is 0 Å². The molecule has 92 valence electrons. The van der Waals surface area contributed by atoms with E-state index in [1.807, 2.05) is 28.2 Å². The second kappa shape index (κ2) is 4.79. The molecule has 4 heteroatoms. The fourth-order valence-electron chi connectivity index (χ4n) is 1.96. The van der Waals surface area contributed by atoms with Crippen LogP contribution in [-0.2, 0) is 0 Å².